The van der Waals surface area contributed by atoms with E-state index in [0.717, 1.165) is 18.5 Å². The van der Waals surface area contributed by atoms with Gasteiger partial charge < -0.3 is 15.0 Å². The molecule has 0 saturated carbocycles. The molecule has 0 saturated heterocycles. The van der Waals surface area contributed by atoms with Crippen molar-refractivity contribution in [2.24, 2.45) is 0 Å². The van der Waals surface area contributed by atoms with Gasteiger partial charge in [-0.25, -0.2) is 13.1 Å². The molecule has 0 bridgehead atoms. The van der Waals surface area contributed by atoms with Crippen molar-refractivity contribution < 1.29 is 13.2 Å². The summed E-state index contributed by atoms with van der Waals surface area (Å²) in [6.45, 7) is 1.82. The molecule has 0 heterocycles. The molecule has 0 spiro atoms. The van der Waals surface area contributed by atoms with Crippen molar-refractivity contribution in [2.75, 3.05) is 41.3 Å². The molecule has 2 N–H and O–H groups in total. The Hall–Kier alpha value is -1.15. The monoisotopic (exact) mass is 315 g/mol. The first-order valence-electron chi connectivity index (χ1n) is 6.86. The van der Waals surface area contributed by atoms with Gasteiger partial charge in [-0.3, -0.25) is 0 Å². The van der Waals surface area contributed by atoms with E-state index in [1.165, 1.54) is 0 Å². The van der Waals surface area contributed by atoms with E-state index >= 15 is 0 Å². The Bertz CT molecular complexity index is 544. The summed E-state index contributed by atoms with van der Waals surface area (Å²) in [7, 11) is 3.82. The molecule has 21 heavy (non-hydrogen) atoms. The van der Waals surface area contributed by atoms with Crippen molar-refractivity contribution in [1.29, 1.82) is 0 Å². The summed E-state index contributed by atoms with van der Waals surface area (Å²) in [5.41, 5.74) is 0.816. The van der Waals surface area contributed by atoms with Gasteiger partial charge in [-0.1, -0.05) is 0 Å². The Kier molecular flexibility index (Phi) is 7.10. The SMILES string of the molecule is CNCc1cc(S(=O)(=O)NCCCN(C)C)ccc1OC. The Morgan fingerprint density at radius 3 is 2.57 bits per heavy atom. The van der Waals surface area contributed by atoms with Crippen LogP contribution in [-0.4, -0.2) is 54.7 Å². The molecule has 0 unspecified atom stereocenters. The van der Waals surface area contributed by atoms with Gasteiger partial charge >= 0.3 is 0 Å². The number of benzene rings is 1. The van der Waals surface area contributed by atoms with Crippen LogP contribution in [0.5, 0.6) is 5.75 Å². The molecule has 0 fully saturated rings. The van der Waals surface area contributed by atoms with E-state index in [2.05, 4.69) is 10.0 Å². The summed E-state index contributed by atoms with van der Waals surface area (Å²) in [6, 6.07) is 4.89. The quantitative estimate of drug-likeness (QED) is 0.655. The van der Waals surface area contributed by atoms with Crippen LogP contribution in [0.25, 0.3) is 0 Å². The lowest BCUT2D eigenvalue weighted by molar-refractivity contribution is 0.400. The molecule has 6 nitrogen and oxygen atoms in total. The zero-order chi connectivity index (χ0) is 15.9. The molecule has 1 rings (SSSR count). The van der Waals surface area contributed by atoms with Crippen LogP contribution in [0.1, 0.15) is 12.0 Å². The summed E-state index contributed by atoms with van der Waals surface area (Å²) < 4.78 is 32.3. The Morgan fingerprint density at radius 2 is 2.00 bits per heavy atom. The van der Waals surface area contributed by atoms with Gasteiger partial charge in [-0.15, -0.1) is 0 Å². The predicted octanol–water partition coefficient (Wildman–Crippen LogP) is 0.645. The van der Waals surface area contributed by atoms with E-state index in [4.69, 9.17) is 4.74 Å². The Balaban J connectivity index is 2.80. The Labute approximate surface area is 127 Å². The van der Waals surface area contributed by atoms with Crippen LogP contribution in [0.2, 0.25) is 0 Å². The van der Waals surface area contributed by atoms with Gasteiger partial charge in [0.2, 0.25) is 10.0 Å². The molecular weight excluding hydrogens is 290 g/mol. The van der Waals surface area contributed by atoms with Crippen molar-refractivity contribution >= 4 is 10.0 Å². The maximum atomic E-state index is 12.2. The van der Waals surface area contributed by atoms with Crippen LogP contribution in [0.15, 0.2) is 23.1 Å². The minimum Gasteiger partial charge on any atom is -0.496 e. The van der Waals surface area contributed by atoms with E-state index in [1.54, 1.807) is 32.4 Å². The first kappa shape index (κ1) is 17.9. The van der Waals surface area contributed by atoms with Crippen LogP contribution in [0.4, 0.5) is 0 Å². The van der Waals surface area contributed by atoms with Crippen LogP contribution >= 0.6 is 0 Å². The largest absolute Gasteiger partial charge is 0.496 e. The minimum atomic E-state index is -3.48. The number of nitrogens with zero attached hydrogens (tertiary/aromatic N) is 1. The van der Waals surface area contributed by atoms with Crippen molar-refractivity contribution in [3.05, 3.63) is 23.8 Å². The number of nitrogens with one attached hydrogen (secondary N) is 2. The minimum absolute atomic E-state index is 0.262. The van der Waals surface area contributed by atoms with Gasteiger partial charge in [0.05, 0.1) is 12.0 Å². The summed E-state index contributed by atoms with van der Waals surface area (Å²) >= 11 is 0. The molecule has 120 valence electrons. The highest BCUT2D eigenvalue weighted by Gasteiger charge is 2.15. The smallest absolute Gasteiger partial charge is 0.240 e. The van der Waals surface area contributed by atoms with Gasteiger partial charge in [-0.2, -0.15) is 0 Å². The predicted molar refractivity (Wildman–Crippen MR) is 84.1 cm³/mol. The number of sulfonamides is 1. The second-order valence-electron chi connectivity index (χ2n) is 5.06. The van der Waals surface area contributed by atoms with Crippen molar-refractivity contribution in [2.45, 2.75) is 17.9 Å². The summed E-state index contributed by atoms with van der Waals surface area (Å²) in [6.07, 6.45) is 0.770. The lowest BCUT2D eigenvalue weighted by atomic mass is 10.2. The Morgan fingerprint density at radius 1 is 1.29 bits per heavy atom. The molecule has 0 aromatic heterocycles. The number of ether oxygens (including phenoxy) is 1. The lowest BCUT2D eigenvalue weighted by Gasteiger charge is -2.13. The topological polar surface area (TPSA) is 70.7 Å². The second kappa shape index (κ2) is 8.33. The third-order valence-corrected chi connectivity index (χ3v) is 4.46. The van der Waals surface area contributed by atoms with Crippen LogP contribution in [-0.2, 0) is 16.6 Å². The van der Waals surface area contributed by atoms with Crippen molar-refractivity contribution in [3.63, 3.8) is 0 Å². The first-order valence-corrected chi connectivity index (χ1v) is 8.35. The molecule has 7 heteroatoms. The zero-order valence-corrected chi connectivity index (χ0v) is 14.0. The van der Waals surface area contributed by atoms with Gasteiger partial charge in [-0.05, 0) is 52.3 Å². The molecule has 0 atom stereocenters. The van der Waals surface area contributed by atoms with Crippen LogP contribution in [0, 0.1) is 0 Å². The zero-order valence-electron chi connectivity index (χ0n) is 13.1. The highest BCUT2D eigenvalue weighted by molar-refractivity contribution is 7.89. The number of rotatable bonds is 9. The fourth-order valence-corrected chi connectivity index (χ4v) is 3.06. The molecule has 0 aliphatic heterocycles. The number of hydrogen-bond acceptors (Lipinski definition) is 5. The van der Waals surface area contributed by atoms with Crippen molar-refractivity contribution in [3.8, 4) is 5.75 Å². The first-order chi connectivity index (χ1) is 9.90. The summed E-state index contributed by atoms with van der Waals surface area (Å²) in [5.74, 6) is 0.677. The summed E-state index contributed by atoms with van der Waals surface area (Å²) in [5, 5.41) is 3.00. The third-order valence-electron chi connectivity index (χ3n) is 3.00. The molecule has 0 aliphatic rings. The molecule has 0 radical (unpaired) electrons. The highest BCUT2D eigenvalue weighted by atomic mass is 32.2. The number of hydrogen-bond donors (Lipinski definition) is 2. The van der Waals surface area contributed by atoms with Gasteiger partial charge in [0, 0.05) is 18.7 Å². The van der Waals surface area contributed by atoms with E-state index < -0.39 is 10.0 Å². The fraction of sp³-hybridized carbons (Fsp3) is 0.571. The standard InChI is InChI=1S/C14H25N3O3S/c1-15-11-12-10-13(6-7-14(12)20-4)21(18,19)16-8-5-9-17(2)3/h6-7,10,15-16H,5,8-9,11H2,1-4H3. The maximum Gasteiger partial charge on any atom is 0.240 e. The van der Waals surface area contributed by atoms with E-state index in [0.29, 0.717) is 18.8 Å². The van der Waals surface area contributed by atoms with Crippen LogP contribution in [0.3, 0.4) is 0 Å². The number of methoxy groups -OCH3 is 1. The van der Waals surface area contributed by atoms with E-state index in [9.17, 15) is 8.42 Å². The molecule has 0 aliphatic carbocycles. The molecule has 1 aromatic carbocycles. The fourth-order valence-electron chi connectivity index (χ4n) is 1.94. The highest BCUT2D eigenvalue weighted by Crippen LogP contribution is 2.22. The third kappa shape index (κ3) is 5.62. The van der Waals surface area contributed by atoms with Gasteiger partial charge in [0.1, 0.15) is 5.75 Å². The van der Waals surface area contributed by atoms with Crippen LogP contribution < -0.4 is 14.8 Å². The molecular formula is C14H25N3O3S. The molecule has 0 amide bonds. The average molecular weight is 315 g/mol. The molecule has 1 aromatic rings. The van der Waals surface area contributed by atoms with Gasteiger partial charge in [0.25, 0.3) is 0 Å². The maximum absolute atomic E-state index is 12.2. The van der Waals surface area contributed by atoms with E-state index in [1.807, 2.05) is 19.0 Å². The van der Waals surface area contributed by atoms with Crippen molar-refractivity contribution in [1.82, 2.24) is 14.9 Å². The normalized spacial score (nSPS) is 11.9. The van der Waals surface area contributed by atoms with E-state index in [-0.39, 0.29) is 4.90 Å². The lowest BCUT2D eigenvalue weighted by Crippen LogP contribution is -2.27. The second-order valence-corrected chi connectivity index (χ2v) is 6.83. The average Bonchev–Trinajstić information content (AvgIpc) is 2.44. The summed E-state index contributed by atoms with van der Waals surface area (Å²) in [4.78, 5) is 2.28. The van der Waals surface area contributed by atoms with Gasteiger partial charge in [0.15, 0.2) is 0 Å².